The van der Waals surface area contributed by atoms with Crippen LogP contribution in [0.3, 0.4) is 0 Å². The summed E-state index contributed by atoms with van der Waals surface area (Å²) in [7, 11) is 1.99. The molecule has 0 bridgehead atoms. The third kappa shape index (κ3) is 5.76. The average molecular weight is 385 g/mol. The van der Waals surface area contributed by atoms with Crippen molar-refractivity contribution in [1.29, 1.82) is 5.26 Å². The van der Waals surface area contributed by atoms with Crippen molar-refractivity contribution in [3.05, 3.63) is 0 Å². The number of carbonyl (C=O) groups is 2. The van der Waals surface area contributed by atoms with Crippen LogP contribution in [0, 0.1) is 11.3 Å². The van der Waals surface area contributed by atoms with Crippen LogP contribution in [-0.4, -0.2) is 91.9 Å². The maximum atomic E-state index is 12.8. The fourth-order valence-electron chi connectivity index (χ4n) is 2.99. The van der Waals surface area contributed by atoms with Crippen LogP contribution in [0.25, 0.3) is 0 Å². The molecular weight excluding hydrogens is 356 g/mol. The summed E-state index contributed by atoms with van der Waals surface area (Å²) in [6.45, 7) is 3.37. The lowest BCUT2D eigenvalue weighted by molar-refractivity contribution is -0.132. The van der Waals surface area contributed by atoms with E-state index >= 15 is 0 Å². The molecule has 2 rings (SSSR count). The second-order valence-electron chi connectivity index (χ2n) is 6.74. The maximum absolute atomic E-state index is 12.8. The number of thioether (sulfide) groups is 1. The number of carbonyl (C=O) groups excluding carboxylic acids is 2. The molecule has 0 aromatic carbocycles. The van der Waals surface area contributed by atoms with Gasteiger partial charge in [-0.3, -0.25) is 4.79 Å². The van der Waals surface area contributed by atoms with Gasteiger partial charge in [0.25, 0.3) is 5.91 Å². The highest BCUT2D eigenvalue weighted by Gasteiger charge is 2.38. The molecule has 0 spiro atoms. The number of nitrogens with one attached hydrogen (secondary N) is 1. The summed E-state index contributed by atoms with van der Waals surface area (Å²) in [6, 6.07) is 2.27. The second-order valence-corrected chi connectivity index (χ2v) is 7.73. The number of hydrogen-bond acceptors (Lipinski definition) is 7. The summed E-state index contributed by atoms with van der Waals surface area (Å²) in [6.07, 6.45) is 2.11. The molecule has 2 aliphatic rings. The van der Waals surface area contributed by atoms with E-state index in [-0.39, 0.29) is 5.91 Å². The number of rotatable bonds is 6. The first-order valence-corrected chi connectivity index (χ1v) is 10.3. The molecular formula is C17H28N4O4S. The summed E-state index contributed by atoms with van der Waals surface area (Å²) in [5.41, 5.74) is -0.882. The van der Waals surface area contributed by atoms with Gasteiger partial charge in [-0.1, -0.05) is 0 Å². The van der Waals surface area contributed by atoms with E-state index in [1.54, 1.807) is 16.7 Å². The minimum Gasteiger partial charge on any atom is -0.436 e. The number of nitriles is 1. The topological polar surface area (TPSA) is 94.9 Å². The van der Waals surface area contributed by atoms with E-state index in [1.165, 1.54) is 0 Å². The van der Waals surface area contributed by atoms with Crippen LogP contribution < -0.4 is 5.32 Å². The molecule has 2 fully saturated rings. The molecule has 1 N–H and O–H groups in total. The van der Waals surface area contributed by atoms with Crippen molar-refractivity contribution in [2.75, 3.05) is 58.4 Å². The fourth-order valence-corrected chi connectivity index (χ4v) is 3.44. The minimum atomic E-state index is -0.886. The lowest BCUT2D eigenvalue weighted by atomic mass is 9.89. The Hall–Kier alpha value is -1.50. The number of hydrogen-bond donors (Lipinski definition) is 1. The Morgan fingerprint density at radius 3 is 2.54 bits per heavy atom. The first-order valence-electron chi connectivity index (χ1n) is 8.94. The zero-order valence-corrected chi connectivity index (χ0v) is 16.3. The van der Waals surface area contributed by atoms with Gasteiger partial charge in [0.2, 0.25) is 0 Å². The van der Waals surface area contributed by atoms with Crippen molar-refractivity contribution in [3.63, 3.8) is 0 Å². The van der Waals surface area contributed by atoms with Gasteiger partial charge in [0.15, 0.2) is 6.10 Å². The smallest absolute Gasteiger partial charge is 0.410 e. The van der Waals surface area contributed by atoms with Crippen LogP contribution in [0.15, 0.2) is 0 Å². The van der Waals surface area contributed by atoms with Gasteiger partial charge < -0.3 is 24.6 Å². The van der Waals surface area contributed by atoms with Gasteiger partial charge in [-0.05, 0) is 31.9 Å². The van der Waals surface area contributed by atoms with E-state index in [0.717, 1.165) is 13.1 Å². The average Bonchev–Trinajstić information content (AvgIpc) is 2.67. The summed E-state index contributed by atoms with van der Waals surface area (Å²) in [4.78, 5) is 28.8. The summed E-state index contributed by atoms with van der Waals surface area (Å²) < 4.78 is 10.7. The third-order valence-corrected chi connectivity index (χ3v) is 5.45. The van der Waals surface area contributed by atoms with Crippen LogP contribution in [0.2, 0.25) is 0 Å². The highest BCUT2D eigenvalue weighted by molar-refractivity contribution is 7.98. The first kappa shape index (κ1) is 20.8. The predicted molar refractivity (Wildman–Crippen MR) is 98.9 cm³/mol. The number of amides is 2. The van der Waals surface area contributed by atoms with E-state index in [0.29, 0.717) is 51.3 Å². The Bertz CT molecular complexity index is 525. The molecule has 0 saturated carbocycles. The van der Waals surface area contributed by atoms with Crippen LogP contribution in [0.5, 0.6) is 0 Å². The standard InChI is InChI=1S/C17H28N4O4S/c1-20-6-4-17(13-18,5-7-20)19-15(22)14(3-12-26-2)25-16(23)21-8-10-24-11-9-21/h14H,3-12H2,1-2H3,(H,19,22). The first-order chi connectivity index (χ1) is 12.5. The van der Waals surface area contributed by atoms with Gasteiger partial charge in [0, 0.05) is 32.6 Å². The number of likely N-dealkylation sites (tertiary alicyclic amines) is 1. The van der Waals surface area contributed by atoms with Crippen molar-refractivity contribution in [2.24, 2.45) is 0 Å². The van der Waals surface area contributed by atoms with Crippen molar-refractivity contribution >= 4 is 23.8 Å². The molecule has 1 atom stereocenters. The highest BCUT2D eigenvalue weighted by atomic mass is 32.2. The molecule has 2 heterocycles. The Morgan fingerprint density at radius 1 is 1.31 bits per heavy atom. The third-order valence-electron chi connectivity index (χ3n) is 4.81. The molecule has 146 valence electrons. The SMILES string of the molecule is CSCCC(OC(=O)N1CCOCC1)C(=O)NC1(C#N)CCN(C)CC1. The molecule has 9 heteroatoms. The van der Waals surface area contributed by atoms with Gasteiger partial charge in [0.05, 0.1) is 19.3 Å². The monoisotopic (exact) mass is 384 g/mol. The van der Waals surface area contributed by atoms with E-state index in [2.05, 4.69) is 16.3 Å². The van der Waals surface area contributed by atoms with Crippen LogP contribution in [0.1, 0.15) is 19.3 Å². The molecule has 1 unspecified atom stereocenters. The van der Waals surface area contributed by atoms with E-state index in [9.17, 15) is 14.9 Å². The Kier molecular flexibility index (Phi) is 8.00. The van der Waals surface area contributed by atoms with Gasteiger partial charge in [-0.2, -0.15) is 17.0 Å². The molecule has 26 heavy (non-hydrogen) atoms. The van der Waals surface area contributed by atoms with Crippen molar-refractivity contribution in [1.82, 2.24) is 15.1 Å². The van der Waals surface area contributed by atoms with Crippen LogP contribution in [-0.2, 0) is 14.3 Å². The highest BCUT2D eigenvalue weighted by Crippen LogP contribution is 2.21. The van der Waals surface area contributed by atoms with E-state index in [1.807, 2.05) is 13.3 Å². The molecule has 8 nitrogen and oxygen atoms in total. The minimum absolute atomic E-state index is 0.383. The number of nitrogens with zero attached hydrogens (tertiary/aromatic N) is 3. The van der Waals surface area contributed by atoms with E-state index < -0.39 is 17.7 Å². The molecule has 0 aromatic rings. The zero-order valence-electron chi connectivity index (χ0n) is 15.5. The quantitative estimate of drug-likeness (QED) is 0.719. The molecule has 2 aliphatic heterocycles. The lowest BCUT2D eigenvalue weighted by Gasteiger charge is -2.37. The van der Waals surface area contributed by atoms with Crippen LogP contribution in [0.4, 0.5) is 4.79 Å². The largest absolute Gasteiger partial charge is 0.436 e. The lowest BCUT2D eigenvalue weighted by Crippen LogP contribution is -2.57. The molecule has 0 aliphatic carbocycles. The van der Waals surface area contributed by atoms with Crippen LogP contribution >= 0.6 is 11.8 Å². The number of ether oxygens (including phenoxy) is 2. The normalized spacial score (nSPS) is 21.5. The molecule has 2 amide bonds. The van der Waals surface area contributed by atoms with Gasteiger partial charge in [0.1, 0.15) is 5.54 Å². The number of piperidine rings is 1. The predicted octanol–water partition coefficient (Wildman–Crippen LogP) is 0.681. The molecule has 0 aromatic heterocycles. The Morgan fingerprint density at radius 2 is 1.96 bits per heavy atom. The number of morpholine rings is 1. The maximum Gasteiger partial charge on any atom is 0.410 e. The molecule has 0 radical (unpaired) electrons. The Balaban J connectivity index is 1.98. The molecule has 2 saturated heterocycles. The second kappa shape index (κ2) is 10.00. The Labute approximate surface area is 159 Å². The van der Waals surface area contributed by atoms with Gasteiger partial charge in [-0.25, -0.2) is 4.79 Å². The zero-order chi connectivity index (χ0) is 19.0. The fraction of sp³-hybridized carbons (Fsp3) is 0.824. The van der Waals surface area contributed by atoms with E-state index in [4.69, 9.17) is 9.47 Å². The van der Waals surface area contributed by atoms with Crippen molar-refractivity contribution in [2.45, 2.75) is 30.9 Å². The summed E-state index contributed by atoms with van der Waals surface area (Å²) in [5.74, 6) is 0.309. The van der Waals surface area contributed by atoms with Gasteiger partial charge in [-0.15, -0.1) is 0 Å². The van der Waals surface area contributed by atoms with Gasteiger partial charge >= 0.3 is 6.09 Å². The summed E-state index contributed by atoms with van der Waals surface area (Å²) in [5, 5.41) is 12.5. The van der Waals surface area contributed by atoms with Crippen molar-refractivity contribution in [3.8, 4) is 6.07 Å². The summed E-state index contributed by atoms with van der Waals surface area (Å²) >= 11 is 1.58. The van der Waals surface area contributed by atoms with Crippen molar-refractivity contribution < 1.29 is 19.1 Å².